The molecule has 0 aromatic carbocycles. The first-order valence-electron chi connectivity index (χ1n) is 7.56. The van der Waals surface area contributed by atoms with Crippen LogP contribution in [0, 0.1) is 12.8 Å². The Hall–Kier alpha value is -0.920. The van der Waals surface area contributed by atoms with Gasteiger partial charge in [-0.1, -0.05) is 0 Å². The highest BCUT2D eigenvalue weighted by Crippen LogP contribution is 2.27. The van der Waals surface area contributed by atoms with Gasteiger partial charge in [-0.25, -0.2) is 12.7 Å². The van der Waals surface area contributed by atoms with Crippen molar-refractivity contribution in [2.75, 3.05) is 19.3 Å². The van der Waals surface area contributed by atoms with E-state index in [-0.39, 0.29) is 6.04 Å². The summed E-state index contributed by atoms with van der Waals surface area (Å²) in [6.45, 7) is 6.04. The standard InChI is InChI=1S/C14H26N4O2S/c1-4-18-14(8-11(2)16-18)13(15)9-12-6-5-7-17(10-12)21(3,19)20/h8,12-13H,4-7,9-10,15H2,1-3H3. The van der Waals surface area contributed by atoms with Crippen molar-refractivity contribution in [1.29, 1.82) is 0 Å². The van der Waals surface area contributed by atoms with Crippen LogP contribution in [0.15, 0.2) is 6.07 Å². The van der Waals surface area contributed by atoms with Gasteiger partial charge in [0.2, 0.25) is 10.0 Å². The van der Waals surface area contributed by atoms with Gasteiger partial charge in [0.25, 0.3) is 0 Å². The fraction of sp³-hybridized carbons (Fsp3) is 0.786. The van der Waals surface area contributed by atoms with E-state index in [0.29, 0.717) is 19.0 Å². The van der Waals surface area contributed by atoms with Crippen molar-refractivity contribution in [1.82, 2.24) is 14.1 Å². The van der Waals surface area contributed by atoms with Crippen molar-refractivity contribution in [2.45, 2.75) is 45.7 Å². The molecule has 2 atom stereocenters. The molecule has 7 heteroatoms. The molecule has 0 amide bonds. The maximum Gasteiger partial charge on any atom is 0.211 e. The minimum Gasteiger partial charge on any atom is -0.323 e. The Kier molecular flexibility index (Phi) is 5.06. The molecule has 0 saturated carbocycles. The highest BCUT2D eigenvalue weighted by atomic mass is 32.2. The second-order valence-corrected chi connectivity index (χ2v) is 7.98. The summed E-state index contributed by atoms with van der Waals surface area (Å²) in [5.41, 5.74) is 8.36. The lowest BCUT2D eigenvalue weighted by Crippen LogP contribution is -2.40. The quantitative estimate of drug-likeness (QED) is 0.887. The van der Waals surface area contributed by atoms with Crippen molar-refractivity contribution in [2.24, 2.45) is 11.7 Å². The Bertz CT molecular complexity index is 582. The van der Waals surface area contributed by atoms with Crippen LogP contribution in [0.1, 0.15) is 43.6 Å². The highest BCUT2D eigenvalue weighted by molar-refractivity contribution is 7.88. The molecule has 6 nitrogen and oxygen atoms in total. The van der Waals surface area contributed by atoms with Crippen molar-refractivity contribution in [3.8, 4) is 0 Å². The first-order chi connectivity index (χ1) is 9.81. The molecule has 1 saturated heterocycles. The van der Waals surface area contributed by atoms with E-state index in [4.69, 9.17) is 5.73 Å². The van der Waals surface area contributed by atoms with Crippen LogP contribution in [0.3, 0.4) is 0 Å². The maximum absolute atomic E-state index is 11.7. The summed E-state index contributed by atoms with van der Waals surface area (Å²) >= 11 is 0. The Balaban J connectivity index is 2.03. The van der Waals surface area contributed by atoms with E-state index in [1.807, 2.05) is 17.7 Å². The molecule has 0 aliphatic carbocycles. The van der Waals surface area contributed by atoms with Crippen LogP contribution >= 0.6 is 0 Å². The molecule has 1 aromatic heterocycles. The van der Waals surface area contributed by atoms with Gasteiger partial charge in [0.05, 0.1) is 17.6 Å². The Labute approximate surface area is 127 Å². The number of aryl methyl sites for hydroxylation is 2. The van der Waals surface area contributed by atoms with E-state index < -0.39 is 10.0 Å². The number of sulfonamides is 1. The summed E-state index contributed by atoms with van der Waals surface area (Å²) in [5, 5.41) is 4.43. The second-order valence-electron chi connectivity index (χ2n) is 6.00. The Morgan fingerprint density at radius 1 is 1.52 bits per heavy atom. The third-order valence-corrected chi connectivity index (χ3v) is 5.42. The van der Waals surface area contributed by atoms with Gasteiger partial charge in [0.1, 0.15) is 0 Å². The zero-order chi connectivity index (χ0) is 15.6. The minimum atomic E-state index is -3.09. The SMILES string of the molecule is CCn1nc(C)cc1C(N)CC1CCCN(S(C)(=O)=O)C1. The van der Waals surface area contributed by atoms with Gasteiger partial charge in [0, 0.05) is 25.7 Å². The van der Waals surface area contributed by atoms with Crippen LogP contribution in [0.5, 0.6) is 0 Å². The molecule has 2 unspecified atom stereocenters. The van der Waals surface area contributed by atoms with Crippen LogP contribution in [-0.4, -0.2) is 41.8 Å². The normalized spacial score (nSPS) is 22.4. The number of rotatable bonds is 5. The predicted octanol–water partition coefficient (Wildman–Crippen LogP) is 1.27. The number of aromatic nitrogens is 2. The first kappa shape index (κ1) is 16.5. The first-order valence-corrected chi connectivity index (χ1v) is 9.41. The van der Waals surface area contributed by atoms with E-state index in [1.165, 1.54) is 6.26 Å². The summed E-state index contributed by atoms with van der Waals surface area (Å²) < 4.78 is 26.9. The van der Waals surface area contributed by atoms with Gasteiger partial charge in [-0.3, -0.25) is 4.68 Å². The van der Waals surface area contributed by atoms with Crippen LogP contribution < -0.4 is 5.73 Å². The number of hydrogen-bond acceptors (Lipinski definition) is 4. The molecule has 1 aromatic rings. The second kappa shape index (κ2) is 6.46. The molecule has 2 rings (SSSR count). The molecule has 2 N–H and O–H groups in total. The minimum absolute atomic E-state index is 0.0874. The molecule has 1 fully saturated rings. The molecule has 0 spiro atoms. The summed E-state index contributed by atoms with van der Waals surface area (Å²) in [6.07, 6.45) is 4.04. The number of nitrogens with two attached hydrogens (primary N) is 1. The van der Waals surface area contributed by atoms with E-state index >= 15 is 0 Å². The summed E-state index contributed by atoms with van der Waals surface area (Å²) in [6, 6.07) is 1.95. The fourth-order valence-electron chi connectivity index (χ4n) is 3.12. The monoisotopic (exact) mass is 314 g/mol. The van der Waals surface area contributed by atoms with Gasteiger partial charge in [-0.05, 0) is 45.1 Å². The van der Waals surface area contributed by atoms with E-state index in [0.717, 1.165) is 37.2 Å². The summed E-state index contributed by atoms with van der Waals surface area (Å²) in [5.74, 6) is 0.323. The van der Waals surface area contributed by atoms with Crippen LogP contribution in [0.2, 0.25) is 0 Å². The van der Waals surface area contributed by atoms with Crippen LogP contribution in [0.25, 0.3) is 0 Å². The zero-order valence-electron chi connectivity index (χ0n) is 13.1. The smallest absolute Gasteiger partial charge is 0.211 e. The van der Waals surface area contributed by atoms with Crippen molar-refractivity contribution in [3.05, 3.63) is 17.5 Å². The van der Waals surface area contributed by atoms with Gasteiger partial charge in [0.15, 0.2) is 0 Å². The van der Waals surface area contributed by atoms with E-state index in [2.05, 4.69) is 12.0 Å². The summed E-state index contributed by atoms with van der Waals surface area (Å²) in [4.78, 5) is 0. The number of hydrogen-bond donors (Lipinski definition) is 1. The molecule has 1 aliphatic heterocycles. The number of piperidine rings is 1. The topological polar surface area (TPSA) is 81.2 Å². The third kappa shape index (κ3) is 4.05. The molecule has 0 radical (unpaired) electrons. The van der Waals surface area contributed by atoms with Crippen LogP contribution in [0.4, 0.5) is 0 Å². The molecule has 120 valence electrons. The van der Waals surface area contributed by atoms with Crippen molar-refractivity contribution < 1.29 is 8.42 Å². The zero-order valence-corrected chi connectivity index (χ0v) is 13.9. The Morgan fingerprint density at radius 2 is 2.24 bits per heavy atom. The molecule has 0 bridgehead atoms. The van der Waals surface area contributed by atoms with Gasteiger partial charge >= 0.3 is 0 Å². The van der Waals surface area contributed by atoms with Gasteiger partial charge in [-0.2, -0.15) is 5.10 Å². The molecular weight excluding hydrogens is 288 g/mol. The fourth-order valence-corrected chi connectivity index (χ4v) is 4.06. The number of nitrogens with zero attached hydrogens (tertiary/aromatic N) is 3. The molecule has 1 aliphatic rings. The average Bonchev–Trinajstić information content (AvgIpc) is 2.79. The Morgan fingerprint density at radius 3 is 2.86 bits per heavy atom. The van der Waals surface area contributed by atoms with E-state index in [1.54, 1.807) is 4.31 Å². The summed E-state index contributed by atoms with van der Waals surface area (Å²) in [7, 11) is -3.09. The van der Waals surface area contributed by atoms with Crippen molar-refractivity contribution >= 4 is 10.0 Å². The van der Waals surface area contributed by atoms with Crippen LogP contribution in [-0.2, 0) is 16.6 Å². The third-order valence-electron chi connectivity index (χ3n) is 4.15. The van der Waals surface area contributed by atoms with E-state index in [9.17, 15) is 8.42 Å². The van der Waals surface area contributed by atoms with Gasteiger partial charge in [-0.15, -0.1) is 0 Å². The van der Waals surface area contributed by atoms with Gasteiger partial charge < -0.3 is 5.73 Å². The largest absolute Gasteiger partial charge is 0.323 e. The highest BCUT2D eigenvalue weighted by Gasteiger charge is 2.28. The lowest BCUT2D eigenvalue weighted by molar-refractivity contribution is 0.245. The maximum atomic E-state index is 11.7. The predicted molar refractivity (Wildman–Crippen MR) is 83.3 cm³/mol. The van der Waals surface area contributed by atoms with Crippen molar-refractivity contribution in [3.63, 3.8) is 0 Å². The lowest BCUT2D eigenvalue weighted by Gasteiger charge is -2.32. The molecule has 2 heterocycles. The molecule has 21 heavy (non-hydrogen) atoms. The lowest BCUT2D eigenvalue weighted by atomic mass is 9.91. The average molecular weight is 314 g/mol. The molecular formula is C14H26N4O2S.